The fraction of sp³-hybridized carbons (Fsp3) is 0.412. The molecule has 0 saturated carbocycles. The van der Waals surface area contributed by atoms with Gasteiger partial charge in [-0.2, -0.15) is 4.98 Å². The smallest absolute Gasteiger partial charge is 0.329 e. The number of ether oxygens (including phenoxy) is 1. The number of carbonyl (C=O) groups is 2. The molecule has 1 aliphatic rings. The molecular formula is C17H19N3O5. The van der Waals surface area contributed by atoms with E-state index >= 15 is 0 Å². The number of hydrogen-bond acceptors (Lipinski definition) is 6. The molecule has 1 N–H and O–H groups in total. The highest BCUT2D eigenvalue weighted by molar-refractivity contribution is 5.98. The molecule has 1 aromatic carbocycles. The second-order valence-corrected chi connectivity index (χ2v) is 6.19. The highest BCUT2D eigenvalue weighted by Crippen LogP contribution is 2.31. The highest BCUT2D eigenvalue weighted by Gasteiger charge is 2.46. The molecule has 1 atom stereocenters. The second-order valence-electron chi connectivity index (χ2n) is 6.19. The first-order valence-corrected chi connectivity index (χ1v) is 7.97. The van der Waals surface area contributed by atoms with Crippen LogP contribution in [0.1, 0.15) is 41.8 Å². The average Bonchev–Trinajstić information content (AvgIpc) is 3.19. The van der Waals surface area contributed by atoms with E-state index in [4.69, 9.17) is 9.26 Å². The van der Waals surface area contributed by atoms with E-state index in [0.717, 1.165) is 0 Å². The van der Waals surface area contributed by atoms with Gasteiger partial charge in [-0.05, 0) is 38.0 Å². The standard InChI is InChI=1S/C17H19N3O5/c1-11-18-14(19-25-11)10-24-13-6-3-5-12(9-13)15(21)20-8-4-7-17(20,2)16(22)23/h3,5-6,9H,4,7-8,10H2,1-2H3,(H,22,23). The number of carboxylic acid groups (broad SMARTS) is 1. The minimum Gasteiger partial charge on any atom is -0.485 e. The van der Waals surface area contributed by atoms with Crippen molar-refractivity contribution >= 4 is 11.9 Å². The van der Waals surface area contributed by atoms with Crippen LogP contribution >= 0.6 is 0 Å². The number of carbonyl (C=O) groups excluding carboxylic acids is 1. The van der Waals surface area contributed by atoms with Gasteiger partial charge in [-0.1, -0.05) is 11.2 Å². The van der Waals surface area contributed by atoms with E-state index < -0.39 is 11.5 Å². The van der Waals surface area contributed by atoms with Crippen molar-refractivity contribution in [3.63, 3.8) is 0 Å². The zero-order chi connectivity index (χ0) is 18.0. The van der Waals surface area contributed by atoms with Gasteiger partial charge in [-0.25, -0.2) is 4.79 Å². The maximum Gasteiger partial charge on any atom is 0.329 e. The number of hydrogen-bond donors (Lipinski definition) is 1. The summed E-state index contributed by atoms with van der Waals surface area (Å²) >= 11 is 0. The molecule has 0 bridgehead atoms. The first-order valence-electron chi connectivity index (χ1n) is 7.97. The predicted octanol–water partition coefficient (Wildman–Crippen LogP) is 2.04. The SMILES string of the molecule is Cc1nc(COc2cccc(C(=O)N3CCCC3(C)C(=O)O)c2)no1. The normalized spacial score (nSPS) is 19.8. The van der Waals surface area contributed by atoms with Crippen LogP contribution in [-0.2, 0) is 11.4 Å². The minimum absolute atomic E-state index is 0.117. The van der Waals surface area contributed by atoms with Crippen LogP contribution in [0.15, 0.2) is 28.8 Å². The Balaban J connectivity index is 1.74. The fourth-order valence-corrected chi connectivity index (χ4v) is 2.93. The highest BCUT2D eigenvalue weighted by atomic mass is 16.5. The maximum absolute atomic E-state index is 12.8. The van der Waals surface area contributed by atoms with E-state index in [1.807, 2.05) is 0 Å². The van der Waals surface area contributed by atoms with Crippen LogP contribution in [0.3, 0.4) is 0 Å². The summed E-state index contributed by atoms with van der Waals surface area (Å²) < 4.78 is 10.5. The maximum atomic E-state index is 12.8. The van der Waals surface area contributed by atoms with Gasteiger partial charge in [0.25, 0.3) is 5.91 Å². The molecule has 0 aliphatic carbocycles. The predicted molar refractivity (Wildman–Crippen MR) is 86.1 cm³/mol. The third-order valence-electron chi connectivity index (χ3n) is 4.37. The Morgan fingerprint density at radius 2 is 2.24 bits per heavy atom. The van der Waals surface area contributed by atoms with E-state index in [-0.39, 0.29) is 12.5 Å². The number of rotatable bonds is 5. The molecule has 1 aromatic heterocycles. The van der Waals surface area contributed by atoms with Gasteiger partial charge in [0, 0.05) is 19.0 Å². The molecule has 132 valence electrons. The van der Waals surface area contributed by atoms with E-state index in [2.05, 4.69) is 10.1 Å². The van der Waals surface area contributed by atoms with Gasteiger partial charge in [0.15, 0.2) is 6.61 Å². The summed E-state index contributed by atoms with van der Waals surface area (Å²) in [6.07, 6.45) is 1.11. The molecule has 1 saturated heterocycles. The number of amides is 1. The molecule has 2 heterocycles. The Morgan fingerprint density at radius 1 is 1.44 bits per heavy atom. The van der Waals surface area contributed by atoms with Crippen LogP contribution < -0.4 is 4.74 Å². The van der Waals surface area contributed by atoms with E-state index in [1.54, 1.807) is 38.1 Å². The quantitative estimate of drug-likeness (QED) is 0.884. The van der Waals surface area contributed by atoms with Crippen molar-refractivity contribution in [2.75, 3.05) is 6.54 Å². The fourth-order valence-electron chi connectivity index (χ4n) is 2.93. The number of aromatic nitrogens is 2. The molecule has 8 heteroatoms. The van der Waals surface area contributed by atoms with Crippen molar-refractivity contribution in [3.8, 4) is 5.75 Å². The van der Waals surface area contributed by atoms with Crippen LogP contribution in [0.2, 0.25) is 0 Å². The molecular weight excluding hydrogens is 326 g/mol. The van der Waals surface area contributed by atoms with E-state index in [9.17, 15) is 14.7 Å². The zero-order valence-corrected chi connectivity index (χ0v) is 14.1. The van der Waals surface area contributed by atoms with Crippen molar-refractivity contribution < 1.29 is 24.0 Å². The Hall–Kier alpha value is -2.90. The Bertz CT molecular complexity index is 803. The van der Waals surface area contributed by atoms with Gasteiger partial charge in [-0.15, -0.1) is 0 Å². The lowest BCUT2D eigenvalue weighted by atomic mass is 9.98. The molecule has 1 fully saturated rings. The number of nitrogens with zero attached hydrogens (tertiary/aromatic N) is 3. The van der Waals surface area contributed by atoms with Crippen molar-refractivity contribution in [2.45, 2.75) is 38.8 Å². The molecule has 25 heavy (non-hydrogen) atoms. The number of aliphatic carboxylic acids is 1. The molecule has 3 rings (SSSR count). The minimum atomic E-state index is -1.17. The Kier molecular flexibility index (Phi) is 4.43. The monoisotopic (exact) mass is 345 g/mol. The van der Waals surface area contributed by atoms with Gasteiger partial charge in [-0.3, -0.25) is 4.79 Å². The van der Waals surface area contributed by atoms with Gasteiger partial charge < -0.3 is 19.3 Å². The number of benzene rings is 1. The lowest BCUT2D eigenvalue weighted by Crippen LogP contribution is -2.50. The van der Waals surface area contributed by atoms with Crippen LogP contribution in [-0.4, -0.2) is 44.1 Å². The number of aryl methyl sites for hydroxylation is 1. The molecule has 0 radical (unpaired) electrons. The van der Waals surface area contributed by atoms with E-state index in [0.29, 0.717) is 42.4 Å². The second kappa shape index (κ2) is 6.54. The summed E-state index contributed by atoms with van der Waals surface area (Å²) in [5.74, 6) is 0.0303. The van der Waals surface area contributed by atoms with E-state index in [1.165, 1.54) is 4.90 Å². The summed E-state index contributed by atoms with van der Waals surface area (Å²) in [6.45, 7) is 3.81. The summed E-state index contributed by atoms with van der Waals surface area (Å²) in [5, 5.41) is 13.2. The zero-order valence-electron chi connectivity index (χ0n) is 14.1. The third-order valence-corrected chi connectivity index (χ3v) is 4.37. The molecule has 1 amide bonds. The lowest BCUT2D eigenvalue weighted by molar-refractivity contribution is -0.147. The number of carboxylic acids is 1. The van der Waals surface area contributed by atoms with Gasteiger partial charge >= 0.3 is 5.97 Å². The molecule has 1 aliphatic heterocycles. The van der Waals surface area contributed by atoms with Gasteiger partial charge in [0.05, 0.1) is 0 Å². The van der Waals surface area contributed by atoms with Gasteiger partial charge in [0.2, 0.25) is 11.7 Å². The first-order chi connectivity index (χ1) is 11.9. The van der Waals surface area contributed by atoms with Crippen LogP contribution in [0, 0.1) is 6.92 Å². The van der Waals surface area contributed by atoms with Crippen molar-refractivity contribution in [2.24, 2.45) is 0 Å². The summed E-state index contributed by atoms with van der Waals surface area (Å²) in [4.78, 5) is 29.8. The summed E-state index contributed by atoms with van der Waals surface area (Å²) in [6, 6.07) is 6.65. The van der Waals surface area contributed by atoms with Gasteiger partial charge in [0.1, 0.15) is 11.3 Å². The average molecular weight is 345 g/mol. The molecule has 8 nitrogen and oxygen atoms in total. The van der Waals surface area contributed by atoms with Crippen molar-refractivity contribution in [3.05, 3.63) is 41.5 Å². The van der Waals surface area contributed by atoms with Crippen molar-refractivity contribution in [1.29, 1.82) is 0 Å². The number of likely N-dealkylation sites (tertiary alicyclic amines) is 1. The summed E-state index contributed by atoms with van der Waals surface area (Å²) in [5.41, 5.74) is -0.785. The lowest BCUT2D eigenvalue weighted by Gasteiger charge is -2.31. The largest absolute Gasteiger partial charge is 0.485 e. The summed E-state index contributed by atoms with van der Waals surface area (Å²) in [7, 11) is 0. The van der Waals surface area contributed by atoms with Crippen LogP contribution in [0.25, 0.3) is 0 Å². The Morgan fingerprint density at radius 3 is 2.92 bits per heavy atom. The molecule has 1 unspecified atom stereocenters. The Labute approximate surface area is 144 Å². The first kappa shape index (κ1) is 16.9. The van der Waals surface area contributed by atoms with Crippen LogP contribution in [0.4, 0.5) is 0 Å². The molecule has 0 spiro atoms. The molecule has 2 aromatic rings. The van der Waals surface area contributed by atoms with Crippen molar-refractivity contribution in [1.82, 2.24) is 15.0 Å². The topological polar surface area (TPSA) is 106 Å². The van der Waals surface area contributed by atoms with Crippen LogP contribution in [0.5, 0.6) is 5.75 Å². The third kappa shape index (κ3) is 3.33.